The molecule has 70 valence electrons. The van der Waals surface area contributed by atoms with Crippen LogP contribution in [0.4, 0.5) is 0 Å². The van der Waals surface area contributed by atoms with E-state index in [0.717, 1.165) is 0 Å². The minimum Gasteiger partial charge on any atom is -0.469 e. The van der Waals surface area contributed by atoms with Crippen molar-refractivity contribution in [1.82, 2.24) is 0 Å². The lowest BCUT2D eigenvalue weighted by Gasteiger charge is -2.12. The Bertz CT molecular complexity index is 169. The minimum atomic E-state index is -0.374. The summed E-state index contributed by atoms with van der Waals surface area (Å²) >= 11 is 2.05. The SMILES string of the molecule is COC(=O)CC(CI)OC(C)=O. The van der Waals surface area contributed by atoms with E-state index in [0.29, 0.717) is 4.43 Å². The molecule has 0 rings (SSSR count). The van der Waals surface area contributed by atoms with Crippen LogP contribution in [-0.4, -0.2) is 29.6 Å². The Morgan fingerprint density at radius 2 is 2.08 bits per heavy atom. The number of esters is 2. The molecule has 0 aromatic carbocycles. The summed E-state index contributed by atoms with van der Waals surface area (Å²) in [5, 5.41) is 0. The second kappa shape index (κ2) is 6.22. The van der Waals surface area contributed by atoms with Crippen molar-refractivity contribution in [2.75, 3.05) is 11.5 Å². The molecule has 0 fully saturated rings. The zero-order chi connectivity index (χ0) is 9.56. The highest BCUT2D eigenvalue weighted by Crippen LogP contribution is 2.04. The lowest BCUT2D eigenvalue weighted by molar-refractivity contribution is -0.150. The van der Waals surface area contributed by atoms with Crippen molar-refractivity contribution >= 4 is 34.5 Å². The second-order valence-corrected chi connectivity index (χ2v) is 3.05. The van der Waals surface area contributed by atoms with Crippen LogP contribution < -0.4 is 0 Å². The number of rotatable bonds is 4. The number of ether oxygens (including phenoxy) is 2. The molecule has 0 amide bonds. The highest BCUT2D eigenvalue weighted by molar-refractivity contribution is 14.1. The lowest BCUT2D eigenvalue weighted by atomic mass is 10.3. The summed E-state index contributed by atoms with van der Waals surface area (Å²) in [6.45, 7) is 1.32. The van der Waals surface area contributed by atoms with E-state index in [2.05, 4.69) is 4.74 Å². The van der Waals surface area contributed by atoms with Crippen molar-refractivity contribution < 1.29 is 19.1 Å². The summed E-state index contributed by atoms with van der Waals surface area (Å²) in [5.41, 5.74) is 0. The molecule has 0 spiro atoms. The predicted molar refractivity (Wildman–Crippen MR) is 51.1 cm³/mol. The summed E-state index contributed by atoms with van der Waals surface area (Å²) in [6, 6.07) is 0. The van der Waals surface area contributed by atoms with Crippen LogP contribution in [0.2, 0.25) is 0 Å². The summed E-state index contributed by atoms with van der Waals surface area (Å²) in [7, 11) is 1.31. The molecule has 0 bridgehead atoms. The Kier molecular flexibility index (Phi) is 6.04. The molecule has 0 aromatic rings. The van der Waals surface area contributed by atoms with E-state index in [-0.39, 0.29) is 24.5 Å². The van der Waals surface area contributed by atoms with Gasteiger partial charge in [-0.15, -0.1) is 0 Å². The molecule has 0 aliphatic carbocycles. The molecule has 12 heavy (non-hydrogen) atoms. The highest BCUT2D eigenvalue weighted by Gasteiger charge is 2.15. The first-order valence-electron chi connectivity index (χ1n) is 3.40. The van der Waals surface area contributed by atoms with Gasteiger partial charge in [0.2, 0.25) is 0 Å². The van der Waals surface area contributed by atoms with Crippen LogP contribution in [0.3, 0.4) is 0 Å². The maximum atomic E-state index is 10.7. The van der Waals surface area contributed by atoms with Gasteiger partial charge in [-0.2, -0.15) is 0 Å². The first kappa shape index (κ1) is 11.7. The lowest BCUT2D eigenvalue weighted by Crippen LogP contribution is -2.22. The van der Waals surface area contributed by atoms with Crippen LogP contribution >= 0.6 is 22.6 Å². The average Bonchev–Trinajstić information content (AvgIpc) is 2.02. The zero-order valence-electron chi connectivity index (χ0n) is 7.00. The predicted octanol–water partition coefficient (Wildman–Crippen LogP) is 0.916. The van der Waals surface area contributed by atoms with E-state index in [4.69, 9.17) is 4.74 Å². The molecule has 1 atom stereocenters. The van der Waals surface area contributed by atoms with Gasteiger partial charge in [-0.25, -0.2) is 0 Å². The van der Waals surface area contributed by atoms with Crippen molar-refractivity contribution in [3.63, 3.8) is 0 Å². The topological polar surface area (TPSA) is 52.6 Å². The van der Waals surface area contributed by atoms with Crippen LogP contribution in [-0.2, 0) is 19.1 Å². The molecule has 0 radical (unpaired) electrons. The van der Waals surface area contributed by atoms with Gasteiger partial charge >= 0.3 is 11.9 Å². The first-order chi connectivity index (χ1) is 5.60. The third-order valence-corrected chi connectivity index (χ3v) is 2.11. The molecule has 4 nitrogen and oxygen atoms in total. The van der Waals surface area contributed by atoms with Gasteiger partial charge in [0.15, 0.2) is 0 Å². The molecule has 0 saturated heterocycles. The zero-order valence-corrected chi connectivity index (χ0v) is 9.16. The molecule has 0 N–H and O–H groups in total. The smallest absolute Gasteiger partial charge is 0.309 e. The minimum absolute atomic E-state index is 0.124. The van der Waals surface area contributed by atoms with Crippen LogP contribution in [0.15, 0.2) is 0 Å². The third-order valence-electron chi connectivity index (χ3n) is 1.13. The van der Waals surface area contributed by atoms with Crippen LogP contribution in [0.25, 0.3) is 0 Å². The van der Waals surface area contributed by atoms with Gasteiger partial charge in [0.05, 0.1) is 13.5 Å². The molecular formula is C7H11IO4. The maximum absolute atomic E-state index is 10.7. The van der Waals surface area contributed by atoms with Gasteiger partial charge < -0.3 is 9.47 Å². The Morgan fingerprint density at radius 3 is 2.42 bits per heavy atom. The monoisotopic (exact) mass is 286 g/mol. The molecule has 0 aliphatic heterocycles. The summed E-state index contributed by atoms with van der Waals surface area (Å²) in [4.78, 5) is 21.3. The number of methoxy groups -OCH3 is 1. The van der Waals surface area contributed by atoms with Crippen molar-refractivity contribution in [3.05, 3.63) is 0 Å². The number of halogens is 1. The number of hydrogen-bond acceptors (Lipinski definition) is 4. The average molecular weight is 286 g/mol. The normalized spacial score (nSPS) is 11.9. The van der Waals surface area contributed by atoms with Crippen molar-refractivity contribution in [1.29, 1.82) is 0 Å². The largest absolute Gasteiger partial charge is 0.469 e. The van der Waals surface area contributed by atoms with Crippen LogP contribution in [0.1, 0.15) is 13.3 Å². The quantitative estimate of drug-likeness (QED) is 0.438. The Balaban J connectivity index is 3.82. The molecule has 0 saturated carbocycles. The van der Waals surface area contributed by atoms with Crippen LogP contribution in [0, 0.1) is 0 Å². The van der Waals surface area contributed by atoms with E-state index >= 15 is 0 Å². The van der Waals surface area contributed by atoms with E-state index in [1.807, 2.05) is 22.6 Å². The fraction of sp³-hybridized carbons (Fsp3) is 0.714. The molecule has 0 aliphatic rings. The summed E-state index contributed by atoms with van der Waals surface area (Å²) in [5.74, 6) is -0.738. The van der Waals surface area contributed by atoms with Gasteiger partial charge in [-0.05, 0) is 0 Å². The molecule has 0 aromatic heterocycles. The fourth-order valence-electron chi connectivity index (χ4n) is 0.632. The third kappa shape index (κ3) is 5.34. The number of carbonyl (C=O) groups excluding carboxylic acids is 2. The Hall–Kier alpha value is -0.330. The van der Waals surface area contributed by atoms with Gasteiger partial charge in [-0.1, -0.05) is 22.6 Å². The van der Waals surface area contributed by atoms with Crippen LogP contribution in [0.5, 0.6) is 0 Å². The van der Waals surface area contributed by atoms with E-state index in [9.17, 15) is 9.59 Å². The maximum Gasteiger partial charge on any atom is 0.309 e. The first-order valence-corrected chi connectivity index (χ1v) is 4.92. The number of carbonyl (C=O) groups is 2. The molecule has 0 heterocycles. The van der Waals surface area contributed by atoms with Gasteiger partial charge in [0.1, 0.15) is 6.10 Å². The number of hydrogen-bond donors (Lipinski definition) is 0. The molecule has 5 heteroatoms. The standard InChI is InChI=1S/C7H11IO4/c1-5(9)12-6(4-8)3-7(10)11-2/h6H,3-4H2,1-2H3. The van der Waals surface area contributed by atoms with Crippen molar-refractivity contribution in [2.45, 2.75) is 19.4 Å². The highest BCUT2D eigenvalue weighted by atomic mass is 127. The second-order valence-electron chi connectivity index (χ2n) is 2.17. The van der Waals surface area contributed by atoms with Gasteiger partial charge in [0.25, 0.3) is 0 Å². The summed E-state index contributed by atoms with van der Waals surface area (Å²) < 4.78 is 9.84. The van der Waals surface area contributed by atoms with E-state index in [1.165, 1.54) is 14.0 Å². The Labute approximate surface area is 84.7 Å². The Morgan fingerprint density at radius 1 is 1.50 bits per heavy atom. The molecule has 1 unspecified atom stereocenters. The van der Waals surface area contributed by atoms with Gasteiger partial charge in [-0.3, -0.25) is 9.59 Å². The van der Waals surface area contributed by atoms with Crippen molar-refractivity contribution in [3.8, 4) is 0 Å². The summed E-state index contributed by atoms with van der Waals surface area (Å²) in [6.07, 6.45) is -0.241. The fourth-order valence-corrected chi connectivity index (χ4v) is 1.12. The van der Waals surface area contributed by atoms with Crippen molar-refractivity contribution in [2.24, 2.45) is 0 Å². The van der Waals surface area contributed by atoms with Gasteiger partial charge in [0, 0.05) is 11.4 Å². The van der Waals surface area contributed by atoms with E-state index < -0.39 is 0 Å². The number of alkyl halides is 1. The molecular weight excluding hydrogens is 275 g/mol. The van der Waals surface area contributed by atoms with E-state index in [1.54, 1.807) is 0 Å².